The zero-order valence-electron chi connectivity index (χ0n) is 23.6. The zero-order valence-corrected chi connectivity index (χ0v) is 24.4. The Bertz CT molecular complexity index is 1300. The van der Waals surface area contributed by atoms with Crippen LogP contribution in [0.5, 0.6) is 0 Å². The molecule has 41 heavy (non-hydrogen) atoms. The number of primary amides is 1. The largest absolute Gasteiger partial charge is 0.369 e. The fourth-order valence-corrected chi connectivity index (χ4v) is 6.12. The maximum Gasteiger partial charge on any atom is 0.235 e. The average molecular weight is 571 g/mol. The van der Waals surface area contributed by atoms with Crippen LogP contribution in [0.25, 0.3) is 0 Å². The van der Waals surface area contributed by atoms with Crippen molar-refractivity contribution < 1.29 is 9.59 Å². The molecular weight excluding hydrogens is 532 g/mol. The predicted molar refractivity (Wildman–Crippen MR) is 165 cm³/mol. The van der Waals surface area contributed by atoms with Crippen LogP contribution in [0.3, 0.4) is 0 Å². The highest BCUT2D eigenvalue weighted by Gasteiger charge is 2.38. The van der Waals surface area contributed by atoms with Gasteiger partial charge in [0.15, 0.2) is 0 Å². The molecular formula is C34H39ClN4O2. The van der Waals surface area contributed by atoms with Gasteiger partial charge in [-0.05, 0) is 48.3 Å². The molecule has 0 saturated carbocycles. The number of imidazole rings is 1. The summed E-state index contributed by atoms with van der Waals surface area (Å²) < 4.78 is 2.15. The molecule has 4 aromatic rings. The molecule has 1 saturated heterocycles. The molecule has 0 spiro atoms. The summed E-state index contributed by atoms with van der Waals surface area (Å²) in [7, 11) is 0. The fourth-order valence-electron chi connectivity index (χ4n) is 6.12. The molecule has 5 rings (SSSR count). The van der Waals surface area contributed by atoms with Crippen molar-refractivity contribution in [2.24, 2.45) is 17.6 Å². The molecule has 3 aromatic carbocycles. The summed E-state index contributed by atoms with van der Waals surface area (Å²) in [6.07, 6.45) is 7.82. The van der Waals surface area contributed by atoms with Crippen LogP contribution in [0.1, 0.15) is 55.0 Å². The van der Waals surface area contributed by atoms with E-state index in [1.165, 1.54) is 0 Å². The summed E-state index contributed by atoms with van der Waals surface area (Å²) in [4.78, 5) is 32.3. The Morgan fingerprint density at radius 1 is 0.878 bits per heavy atom. The second-order valence-electron chi connectivity index (χ2n) is 10.8. The van der Waals surface area contributed by atoms with Crippen molar-refractivity contribution in [3.8, 4) is 0 Å². The maximum absolute atomic E-state index is 13.3. The molecule has 7 heteroatoms. The highest BCUT2D eigenvalue weighted by atomic mass is 35.5. The molecule has 0 aliphatic carbocycles. The standard InChI is InChI=1S/C34H38N4O2.ClH/c1-2-26-20-22-37(23-21-26)33(40)31(32(35)39)19-18-30-24-38(25-36-30)34(27-12-6-3-7-13-27,28-14-8-4-9-15-28)29-16-10-5-11-17-29;/h3-17,24-26,31H,2,18-23H2,1H3,(H2,35,39);1H/t31-;/m0./s1. The Kier molecular flexibility index (Phi) is 10.0. The second kappa shape index (κ2) is 13.6. The van der Waals surface area contributed by atoms with Gasteiger partial charge >= 0.3 is 0 Å². The summed E-state index contributed by atoms with van der Waals surface area (Å²) >= 11 is 0. The summed E-state index contributed by atoms with van der Waals surface area (Å²) in [6.45, 7) is 3.59. The topological polar surface area (TPSA) is 81.2 Å². The number of halogens is 1. The van der Waals surface area contributed by atoms with Crippen molar-refractivity contribution in [1.82, 2.24) is 14.5 Å². The number of hydrogen-bond donors (Lipinski definition) is 1. The highest BCUT2D eigenvalue weighted by Crippen LogP contribution is 2.40. The van der Waals surface area contributed by atoms with Crippen LogP contribution in [0.4, 0.5) is 0 Å². The molecule has 2 amide bonds. The van der Waals surface area contributed by atoms with Gasteiger partial charge in [0, 0.05) is 19.3 Å². The van der Waals surface area contributed by atoms with E-state index in [-0.39, 0.29) is 18.3 Å². The number of amides is 2. The molecule has 1 fully saturated rings. The molecule has 1 aliphatic rings. The smallest absolute Gasteiger partial charge is 0.235 e. The van der Waals surface area contributed by atoms with Crippen LogP contribution < -0.4 is 5.73 Å². The Morgan fingerprint density at radius 3 is 1.80 bits per heavy atom. The van der Waals surface area contributed by atoms with Gasteiger partial charge in [-0.1, -0.05) is 104 Å². The first kappa shape index (κ1) is 30.1. The van der Waals surface area contributed by atoms with Gasteiger partial charge in [0.2, 0.25) is 11.8 Å². The van der Waals surface area contributed by atoms with E-state index in [1.54, 1.807) is 0 Å². The monoisotopic (exact) mass is 570 g/mol. The number of nitrogens with zero attached hydrogens (tertiary/aromatic N) is 3. The average Bonchev–Trinajstić information content (AvgIpc) is 3.48. The van der Waals surface area contributed by atoms with Gasteiger partial charge in [-0.2, -0.15) is 0 Å². The predicted octanol–water partition coefficient (Wildman–Crippen LogP) is 5.83. The summed E-state index contributed by atoms with van der Waals surface area (Å²) in [5.41, 5.74) is 9.24. The van der Waals surface area contributed by atoms with Gasteiger partial charge in [-0.3, -0.25) is 9.59 Å². The molecule has 214 valence electrons. The van der Waals surface area contributed by atoms with E-state index in [2.05, 4.69) is 84.3 Å². The SMILES string of the molecule is CCC1CCN(C(=O)[C@@H](CCc2cn(C(c3ccccc3)(c3ccccc3)c3ccccc3)cn2)C(N)=O)CC1.Cl. The number of rotatable bonds is 10. The second-order valence-corrected chi connectivity index (χ2v) is 10.8. The third-order valence-corrected chi connectivity index (χ3v) is 8.43. The summed E-state index contributed by atoms with van der Waals surface area (Å²) in [6, 6.07) is 31.3. The van der Waals surface area contributed by atoms with Gasteiger partial charge in [0.25, 0.3) is 0 Å². The molecule has 2 N–H and O–H groups in total. The molecule has 0 radical (unpaired) electrons. The zero-order chi connectivity index (χ0) is 28.0. The van der Waals surface area contributed by atoms with E-state index in [4.69, 9.17) is 10.7 Å². The van der Waals surface area contributed by atoms with E-state index >= 15 is 0 Å². The first-order chi connectivity index (χ1) is 19.5. The van der Waals surface area contributed by atoms with Crippen molar-refractivity contribution >= 4 is 24.2 Å². The number of benzene rings is 3. The van der Waals surface area contributed by atoms with Gasteiger partial charge in [0.05, 0.1) is 12.0 Å². The number of nitrogens with two attached hydrogens (primary N) is 1. The third kappa shape index (κ3) is 6.23. The Hall–Kier alpha value is -3.90. The quantitative estimate of drug-likeness (QED) is 0.192. The summed E-state index contributed by atoms with van der Waals surface area (Å²) in [5, 5.41) is 0. The fraction of sp³-hybridized carbons (Fsp3) is 0.324. The van der Waals surface area contributed by atoms with E-state index in [0.717, 1.165) is 41.6 Å². The molecule has 2 heterocycles. The Balaban J connectivity index is 0.00000387. The summed E-state index contributed by atoms with van der Waals surface area (Å²) in [5.74, 6) is -0.896. The van der Waals surface area contributed by atoms with Crippen molar-refractivity contribution in [3.05, 3.63) is 126 Å². The lowest BCUT2D eigenvalue weighted by molar-refractivity contribution is -0.142. The van der Waals surface area contributed by atoms with Crippen molar-refractivity contribution in [2.45, 2.75) is 44.6 Å². The minimum atomic E-state index is -0.842. The number of aromatic nitrogens is 2. The molecule has 0 bridgehead atoms. The van der Waals surface area contributed by atoms with Crippen LogP contribution in [0.2, 0.25) is 0 Å². The van der Waals surface area contributed by atoms with Crippen LogP contribution in [-0.2, 0) is 21.5 Å². The Labute approximate surface area is 249 Å². The minimum absolute atomic E-state index is 0. The van der Waals surface area contributed by atoms with Crippen molar-refractivity contribution in [2.75, 3.05) is 13.1 Å². The number of carbonyl (C=O) groups is 2. The minimum Gasteiger partial charge on any atom is -0.369 e. The maximum atomic E-state index is 13.3. The third-order valence-electron chi connectivity index (χ3n) is 8.43. The molecule has 0 unspecified atom stereocenters. The normalized spacial score (nSPS) is 14.7. The molecule has 1 aromatic heterocycles. The lowest BCUT2D eigenvalue weighted by Crippen LogP contribution is -2.45. The van der Waals surface area contributed by atoms with Gasteiger partial charge < -0.3 is 15.2 Å². The van der Waals surface area contributed by atoms with Gasteiger partial charge in [-0.15, -0.1) is 12.4 Å². The van der Waals surface area contributed by atoms with Crippen LogP contribution >= 0.6 is 12.4 Å². The van der Waals surface area contributed by atoms with E-state index in [0.29, 0.717) is 31.8 Å². The molecule has 1 atom stereocenters. The van der Waals surface area contributed by atoms with Gasteiger partial charge in [-0.25, -0.2) is 4.98 Å². The van der Waals surface area contributed by atoms with E-state index in [9.17, 15) is 9.59 Å². The number of piperidine rings is 1. The van der Waals surface area contributed by atoms with Crippen molar-refractivity contribution in [3.63, 3.8) is 0 Å². The van der Waals surface area contributed by atoms with Crippen molar-refractivity contribution in [1.29, 1.82) is 0 Å². The first-order valence-corrected chi connectivity index (χ1v) is 14.3. The highest BCUT2D eigenvalue weighted by molar-refractivity contribution is 5.99. The van der Waals surface area contributed by atoms with E-state index < -0.39 is 17.4 Å². The van der Waals surface area contributed by atoms with E-state index in [1.807, 2.05) is 35.6 Å². The first-order valence-electron chi connectivity index (χ1n) is 14.3. The van der Waals surface area contributed by atoms with Crippen LogP contribution in [0.15, 0.2) is 104 Å². The van der Waals surface area contributed by atoms with Crippen LogP contribution in [-0.4, -0.2) is 39.4 Å². The number of carbonyl (C=O) groups excluding carboxylic acids is 2. The van der Waals surface area contributed by atoms with Gasteiger partial charge in [0.1, 0.15) is 11.5 Å². The number of hydrogen-bond acceptors (Lipinski definition) is 3. The lowest BCUT2D eigenvalue weighted by Gasteiger charge is -2.37. The molecule has 1 aliphatic heterocycles. The Morgan fingerprint density at radius 2 is 1.37 bits per heavy atom. The molecule has 6 nitrogen and oxygen atoms in total. The number of likely N-dealkylation sites (tertiary alicyclic amines) is 1. The van der Waals surface area contributed by atoms with Crippen LogP contribution in [0, 0.1) is 11.8 Å². The lowest BCUT2D eigenvalue weighted by atomic mass is 9.77. The number of aryl methyl sites for hydroxylation is 1.